The zero-order valence-electron chi connectivity index (χ0n) is 9.91. The monoisotopic (exact) mass is 399 g/mol. The van der Waals surface area contributed by atoms with E-state index in [1.165, 1.54) is 6.33 Å². The average molecular weight is 399 g/mol. The van der Waals surface area contributed by atoms with Gasteiger partial charge in [-0.2, -0.15) is 11.8 Å². The van der Waals surface area contributed by atoms with Gasteiger partial charge in [-0.25, -0.2) is 18.4 Å². The number of thioether (sulfide) groups is 1. The Morgan fingerprint density at radius 3 is 3.06 bits per heavy atom. The van der Waals surface area contributed by atoms with Crippen LogP contribution in [0.25, 0.3) is 0 Å². The number of hydrogen-bond donors (Lipinski definition) is 0. The van der Waals surface area contributed by atoms with Crippen molar-refractivity contribution in [2.75, 3.05) is 28.7 Å². The Hall–Kier alpha value is -0.0900. The molecule has 1 aliphatic rings. The lowest BCUT2D eigenvalue weighted by Gasteiger charge is -2.35. The van der Waals surface area contributed by atoms with E-state index in [0.29, 0.717) is 12.3 Å². The first kappa shape index (κ1) is 14.3. The molecular formula is C10H14IN3O2S2. The molecule has 2 rings (SSSR count). The third-order valence-electron chi connectivity index (χ3n) is 2.82. The van der Waals surface area contributed by atoms with Crippen LogP contribution in [0.4, 0.5) is 5.82 Å². The number of nitrogens with zero attached hydrogens (tertiary/aromatic N) is 3. The summed E-state index contributed by atoms with van der Waals surface area (Å²) in [5, 5.41) is -0.468. The summed E-state index contributed by atoms with van der Waals surface area (Å²) >= 11 is 3.83. The second-order valence-corrected chi connectivity index (χ2v) is 8.63. The lowest BCUT2D eigenvalue weighted by atomic mass is 10.4. The Bertz CT molecular complexity index is 524. The number of anilines is 1. The maximum atomic E-state index is 12.1. The van der Waals surface area contributed by atoms with Crippen LogP contribution in [0.15, 0.2) is 12.5 Å². The van der Waals surface area contributed by atoms with Crippen LogP contribution in [0.5, 0.6) is 0 Å². The van der Waals surface area contributed by atoms with Gasteiger partial charge in [-0.1, -0.05) is 6.92 Å². The maximum Gasteiger partial charge on any atom is 0.171 e. The van der Waals surface area contributed by atoms with Gasteiger partial charge in [0.15, 0.2) is 9.84 Å². The van der Waals surface area contributed by atoms with E-state index < -0.39 is 15.2 Å². The van der Waals surface area contributed by atoms with E-state index in [2.05, 4.69) is 32.6 Å². The second kappa shape index (κ2) is 5.91. The van der Waals surface area contributed by atoms with Gasteiger partial charge >= 0.3 is 0 Å². The summed E-state index contributed by atoms with van der Waals surface area (Å²) in [6, 6.07) is 0. The molecule has 18 heavy (non-hydrogen) atoms. The van der Waals surface area contributed by atoms with Crippen molar-refractivity contribution in [3.63, 3.8) is 0 Å². The summed E-state index contributed by atoms with van der Waals surface area (Å²) in [6.07, 6.45) is 3.18. The topological polar surface area (TPSA) is 63.2 Å². The van der Waals surface area contributed by atoms with Gasteiger partial charge in [0, 0.05) is 30.0 Å². The summed E-state index contributed by atoms with van der Waals surface area (Å²) in [4.78, 5) is 10.1. The van der Waals surface area contributed by atoms with Crippen molar-refractivity contribution >= 4 is 50.0 Å². The standard InChI is InChI=1S/C10H14IN3O2S2/c1-2-18(15,16)9-6-17-4-3-14(9)10-8(11)5-12-7-13-10/h5,7,9H,2-4,6H2,1H3. The molecule has 5 nitrogen and oxygen atoms in total. The van der Waals surface area contributed by atoms with E-state index in [0.717, 1.165) is 15.1 Å². The zero-order chi connectivity index (χ0) is 13.2. The summed E-state index contributed by atoms with van der Waals surface area (Å²) < 4.78 is 25.2. The van der Waals surface area contributed by atoms with Crippen LogP contribution >= 0.6 is 34.4 Å². The molecular weight excluding hydrogens is 385 g/mol. The van der Waals surface area contributed by atoms with Gasteiger partial charge < -0.3 is 4.90 Å². The fraction of sp³-hybridized carbons (Fsp3) is 0.600. The average Bonchev–Trinajstić information content (AvgIpc) is 2.39. The van der Waals surface area contributed by atoms with Crippen LogP contribution in [0, 0.1) is 3.57 Å². The molecule has 0 aromatic carbocycles. The maximum absolute atomic E-state index is 12.1. The summed E-state index contributed by atoms with van der Waals surface area (Å²) in [7, 11) is -3.09. The van der Waals surface area contributed by atoms with Gasteiger partial charge in [-0.15, -0.1) is 0 Å². The minimum Gasteiger partial charge on any atom is -0.337 e. The lowest BCUT2D eigenvalue weighted by molar-refractivity contribution is 0.578. The Morgan fingerprint density at radius 2 is 2.39 bits per heavy atom. The smallest absolute Gasteiger partial charge is 0.171 e. The number of sulfone groups is 1. The molecule has 0 bridgehead atoms. The van der Waals surface area contributed by atoms with Crippen LogP contribution in [-0.2, 0) is 9.84 Å². The molecule has 1 unspecified atom stereocenters. The zero-order valence-corrected chi connectivity index (χ0v) is 13.7. The molecule has 0 radical (unpaired) electrons. The van der Waals surface area contributed by atoms with Gasteiger partial charge in [0.25, 0.3) is 0 Å². The van der Waals surface area contributed by atoms with Gasteiger partial charge in [0.1, 0.15) is 17.5 Å². The molecule has 2 heterocycles. The van der Waals surface area contributed by atoms with Crippen molar-refractivity contribution in [1.29, 1.82) is 0 Å². The van der Waals surface area contributed by atoms with Crippen LogP contribution in [0.2, 0.25) is 0 Å². The minimum atomic E-state index is -3.09. The number of rotatable bonds is 3. The number of halogens is 1. The van der Waals surface area contributed by atoms with Crippen molar-refractivity contribution in [3.8, 4) is 0 Å². The van der Waals surface area contributed by atoms with Crippen LogP contribution < -0.4 is 4.90 Å². The molecule has 0 aliphatic carbocycles. The molecule has 0 amide bonds. The number of aromatic nitrogens is 2. The van der Waals surface area contributed by atoms with Gasteiger partial charge in [0.05, 0.1) is 3.57 Å². The SMILES string of the molecule is CCS(=O)(=O)C1CSCCN1c1ncncc1I. The van der Waals surface area contributed by atoms with Gasteiger partial charge in [-0.05, 0) is 22.6 Å². The fourth-order valence-corrected chi connectivity index (χ4v) is 5.41. The quantitative estimate of drug-likeness (QED) is 0.717. The normalized spacial score (nSPS) is 21.0. The molecule has 0 N–H and O–H groups in total. The third kappa shape index (κ3) is 2.90. The first-order valence-electron chi connectivity index (χ1n) is 5.57. The highest BCUT2D eigenvalue weighted by Gasteiger charge is 2.34. The van der Waals surface area contributed by atoms with E-state index in [-0.39, 0.29) is 5.75 Å². The minimum absolute atomic E-state index is 0.163. The van der Waals surface area contributed by atoms with Gasteiger partial charge in [-0.3, -0.25) is 0 Å². The van der Waals surface area contributed by atoms with Crippen LogP contribution in [0.1, 0.15) is 6.92 Å². The van der Waals surface area contributed by atoms with Crippen molar-refractivity contribution in [2.45, 2.75) is 12.3 Å². The van der Waals surface area contributed by atoms with E-state index in [9.17, 15) is 8.42 Å². The Labute approximate surface area is 125 Å². The molecule has 100 valence electrons. The second-order valence-electron chi connectivity index (χ2n) is 3.87. The predicted octanol–water partition coefficient (Wildman–Crippen LogP) is 1.40. The van der Waals surface area contributed by atoms with Crippen molar-refractivity contribution in [1.82, 2.24) is 9.97 Å². The van der Waals surface area contributed by atoms with Crippen molar-refractivity contribution in [2.24, 2.45) is 0 Å². The van der Waals surface area contributed by atoms with Crippen molar-refractivity contribution in [3.05, 3.63) is 16.1 Å². The van der Waals surface area contributed by atoms with E-state index >= 15 is 0 Å². The summed E-state index contributed by atoms with van der Waals surface area (Å²) in [6.45, 7) is 2.40. The van der Waals surface area contributed by atoms with E-state index in [1.807, 2.05) is 4.90 Å². The highest BCUT2D eigenvalue weighted by atomic mass is 127. The van der Waals surface area contributed by atoms with E-state index in [4.69, 9.17) is 0 Å². The van der Waals surface area contributed by atoms with Crippen LogP contribution in [0.3, 0.4) is 0 Å². The van der Waals surface area contributed by atoms with Crippen LogP contribution in [-0.4, -0.2) is 47.6 Å². The molecule has 1 saturated heterocycles. The molecule has 1 fully saturated rings. The lowest BCUT2D eigenvalue weighted by Crippen LogP contribution is -2.48. The first-order chi connectivity index (χ1) is 8.56. The predicted molar refractivity (Wildman–Crippen MR) is 82.7 cm³/mol. The summed E-state index contributed by atoms with van der Waals surface area (Å²) in [5.74, 6) is 2.43. The molecule has 0 saturated carbocycles. The Kier molecular flexibility index (Phi) is 4.70. The largest absolute Gasteiger partial charge is 0.337 e. The molecule has 8 heteroatoms. The Morgan fingerprint density at radius 1 is 1.61 bits per heavy atom. The molecule has 1 atom stereocenters. The summed E-state index contributed by atoms with van der Waals surface area (Å²) in [5.41, 5.74) is 0. The fourth-order valence-electron chi connectivity index (χ4n) is 1.83. The number of hydrogen-bond acceptors (Lipinski definition) is 6. The van der Waals surface area contributed by atoms with E-state index in [1.54, 1.807) is 24.9 Å². The molecule has 1 aliphatic heterocycles. The first-order valence-corrected chi connectivity index (χ1v) is 9.52. The Balaban J connectivity index is 2.38. The molecule has 1 aromatic rings. The van der Waals surface area contributed by atoms with Crippen molar-refractivity contribution < 1.29 is 8.42 Å². The molecule has 1 aromatic heterocycles. The van der Waals surface area contributed by atoms with Gasteiger partial charge in [0.2, 0.25) is 0 Å². The molecule has 0 spiro atoms. The third-order valence-corrected chi connectivity index (χ3v) is 6.87. The highest BCUT2D eigenvalue weighted by molar-refractivity contribution is 14.1. The highest BCUT2D eigenvalue weighted by Crippen LogP contribution is 2.28.